The molecule has 32 heavy (non-hydrogen) atoms. The molecule has 0 fully saturated rings. The van der Waals surface area contributed by atoms with Gasteiger partial charge in [0.2, 0.25) is 0 Å². The van der Waals surface area contributed by atoms with Crippen molar-refractivity contribution in [1.29, 1.82) is 0 Å². The van der Waals surface area contributed by atoms with Crippen molar-refractivity contribution in [3.8, 4) is 0 Å². The van der Waals surface area contributed by atoms with Crippen LogP contribution in [0.3, 0.4) is 0 Å². The first-order valence-corrected chi connectivity index (χ1v) is 11.4. The third-order valence-electron chi connectivity index (χ3n) is 5.08. The van der Waals surface area contributed by atoms with E-state index in [-0.39, 0.29) is 46.8 Å². The molecule has 0 bridgehead atoms. The summed E-state index contributed by atoms with van der Waals surface area (Å²) in [6, 6.07) is 9.64. The number of methoxy groups -OCH3 is 1. The highest BCUT2D eigenvalue weighted by atomic mass is 32.2. The summed E-state index contributed by atoms with van der Waals surface area (Å²) >= 11 is 0. The zero-order chi connectivity index (χ0) is 23.7. The third kappa shape index (κ3) is 4.79. The van der Waals surface area contributed by atoms with E-state index in [0.29, 0.717) is 0 Å². The molecular weight excluding hydrogens is 445 g/mol. The molecule has 0 spiro atoms. The summed E-state index contributed by atoms with van der Waals surface area (Å²) in [5, 5.41) is 0. The van der Waals surface area contributed by atoms with Gasteiger partial charge in [-0.05, 0) is 54.7 Å². The quantitative estimate of drug-likeness (QED) is 0.461. The first kappa shape index (κ1) is 23.8. The number of hydrogen-bond donors (Lipinski definition) is 0. The van der Waals surface area contributed by atoms with E-state index in [1.807, 2.05) is 19.9 Å². The van der Waals surface area contributed by atoms with Gasteiger partial charge in [-0.2, -0.15) is 13.2 Å². The van der Waals surface area contributed by atoms with Crippen LogP contribution in [0, 0.1) is 0 Å². The van der Waals surface area contributed by atoms with E-state index >= 15 is 0 Å². The van der Waals surface area contributed by atoms with E-state index in [0.717, 1.165) is 21.7 Å². The lowest BCUT2D eigenvalue weighted by molar-refractivity contribution is -0.141. The number of aromatic nitrogens is 2. The van der Waals surface area contributed by atoms with Crippen LogP contribution in [0.15, 0.2) is 47.4 Å². The lowest BCUT2D eigenvalue weighted by Gasteiger charge is -2.14. The summed E-state index contributed by atoms with van der Waals surface area (Å²) < 4.78 is 72.1. The smallest absolute Gasteiger partial charge is 0.433 e. The maximum Gasteiger partial charge on any atom is 0.433 e. The van der Waals surface area contributed by atoms with Crippen LogP contribution in [0.2, 0.25) is 0 Å². The number of nitrogens with zero attached hydrogens (tertiary/aromatic N) is 2. The van der Waals surface area contributed by atoms with Gasteiger partial charge >= 0.3 is 12.1 Å². The fourth-order valence-corrected chi connectivity index (χ4v) is 5.00. The minimum Gasteiger partial charge on any atom is -0.469 e. The fraction of sp³-hybridized carbons (Fsp3) is 0.364. The van der Waals surface area contributed by atoms with Crippen molar-refractivity contribution in [2.75, 3.05) is 7.11 Å². The van der Waals surface area contributed by atoms with Gasteiger partial charge in [0.05, 0.1) is 23.0 Å². The molecular formula is C22H23F3N2O4S. The average molecular weight is 468 g/mol. The summed E-state index contributed by atoms with van der Waals surface area (Å²) in [5.74, 6) is -0.375. The second kappa shape index (κ2) is 8.93. The maximum absolute atomic E-state index is 13.6. The number of aryl methyl sites for hydroxylation is 1. The Morgan fingerprint density at radius 1 is 1.16 bits per heavy atom. The molecule has 0 N–H and O–H groups in total. The van der Waals surface area contributed by atoms with Crippen molar-refractivity contribution in [3.05, 3.63) is 59.4 Å². The molecule has 0 atom stereocenters. The Hall–Kier alpha value is -2.88. The van der Waals surface area contributed by atoms with Crippen LogP contribution >= 0.6 is 0 Å². The van der Waals surface area contributed by atoms with Crippen molar-refractivity contribution < 1.29 is 31.1 Å². The number of hydrogen-bond acceptors (Lipinski definition) is 5. The van der Waals surface area contributed by atoms with E-state index in [2.05, 4.69) is 9.72 Å². The molecule has 172 valence electrons. The van der Waals surface area contributed by atoms with Crippen LogP contribution in [0.1, 0.15) is 49.6 Å². The summed E-state index contributed by atoms with van der Waals surface area (Å²) in [4.78, 5) is 15.1. The predicted octanol–water partition coefficient (Wildman–Crippen LogP) is 4.91. The molecule has 2 heterocycles. The Labute approximate surface area is 184 Å². The van der Waals surface area contributed by atoms with Crippen LogP contribution in [0.5, 0.6) is 0 Å². The molecule has 2 aromatic heterocycles. The van der Waals surface area contributed by atoms with E-state index in [1.165, 1.54) is 19.2 Å². The number of rotatable bonds is 7. The Bertz CT molecular complexity index is 1250. The topological polar surface area (TPSA) is 78.3 Å². The molecule has 0 radical (unpaired) electrons. The Balaban J connectivity index is 2.16. The van der Waals surface area contributed by atoms with Crippen molar-refractivity contribution in [2.45, 2.75) is 50.1 Å². The zero-order valence-corrected chi connectivity index (χ0v) is 18.6. The van der Waals surface area contributed by atoms with Crippen LogP contribution < -0.4 is 0 Å². The van der Waals surface area contributed by atoms with Crippen molar-refractivity contribution >= 4 is 27.0 Å². The van der Waals surface area contributed by atoms with Gasteiger partial charge in [-0.3, -0.25) is 4.79 Å². The van der Waals surface area contributed by atoms with Gasteiger partial charge in [0.1, 0.15) is 5.69 Å². The Morgan fingerprint density at radius 2 is 1.88 bits per heavy atom. The van der Waals surface area contributed by atoms with E-state index in [1.54, 1.807) is 12.1 Å². The molecule has 0 amide bonds. The van der Waals surface area contributed by atoms with Crippen LogP contribution in [-0.4, -0.2) is 30.5 Å². The highest BCUT2D eigenvalue weighted by Crippen LogP contribution is 2.32. The molecule has 6 nitrogen and oxygen atoms in total. The van der Waals surface area contributed by atoms with Gasteiger partial charge in [0, 0.05) is 12.1 Å². The Kier molecular flexibility index (Phi) is 6.64. The lowest BCUT2D eigenvalue weighted by Crippen LogP contribution is -2.16. The molecule has 3 rings (SSSR count). The summed E-state index contributed by atoms with van der Waals surface area (Å²) in [5.41, 5.74) is -0.0992. The lowest BCUT2D eigenvalue weighted by atomic mass is 10.0. The second-order valence-corrected chi connectivity index (χ2v) is 9.45. The minimum absolute atomic E-state index is 0.0234. The molecule has 0 saturated heterocycles. The molecule has 3 aromatic rings. The van der Waals surface area contributed by atoms with Crippen LogP contribution in [0.25, 0.3) is 11.0 Å². The third-order valence-corrected chi connectivity index (χ3v) is 6.84. The van der Waals surface area contributed by atoms with E-state index < -0.39 is 27.9 Å². The molecule has 0 aliphatic carbocycles. The van der Waals surface area contributed by atoms with Crippen LogP contribution in [-0.2, 0) is 32.2 Å². The number of ether oxygens (including phenoxy) is 1. The SMILES string of the molecule is COC(=O)CCCc1cc2nc(C(F)(F)F)ccc2n1S(=O)(=O)c1cccc(C(C)C)c1. The molecule has 10 heteroatoms. The first-order chi connectivity index (χ1) is 14.9. The number of fused-ring (bicyclic) bond motifs is 1. The minimum atomic E-state index is -4.66. The summed E-state index contributed by atoms with van der Waals surface area (Å²) in [6.07, 6.45) is -4.22. The molecule has 0 saturated carbocycles. The number of benzene rings is 1. The monoisotopic (exact) mass is 468 g/mol. The average Bonchev–Trinajstić information content (AvgIpc) is 3.11. The molecule has 1 aromatic carbocycles. The maximum atomic E-state index is 13.6. The predicted molar refractivity (Wildman–Crippen MR) is 113 cm³/mol. The fourth-order valence-electron chi connectivity index (χ4n) is 3.39. The number of halogens is 3. The number of carbonyl (C=O) groups excluding carboxylic acids is 1. The molecule has 0 aliphatic rings. The molecule has 0 unspecified atom stereocenters. The number of esters is 1. The highest BCUT2D eigenvalue weighted by Gasteiger charge is 2.33. The van der Waals surface area contributed by atoms with Gasteiger partial charge in [-0.25, -0.2) is 17.4 Å². The van der Waals surface area contributed by atoms with Gasteiger partial charge in [-0.1, -0.05) is 26.0 Å². The van der Waals surface area contributed by atoms with Crippen LogP contribution in [0.4, 0.5) is 13.2 Å². The largest absolute Gasteiger partial charge is 0.469 e. The van der Waals surface area contributed by atoms with Crippen molar-refractivity contribution in [2.24, 2.45) is 0 Å². The van der Waals surface area contributed by atoms with Crippen molar-refractivity contribution in [1.82, 2.24) is 8.96 Å². The standard InChI is InChI=1S/C22H23F3N2O4S/c1-14(2)15-6-4-8-17(12-15)32(29,30)27-16(7-5-9-21(28)31-3)13-18-19(27)10-11-20(26-18)22(23,24)25/h4,6,8,10-14H,5,7,9H2,1-3H3. The Morgan fingerprint density at radius 3 is 2.50 bits per heavy atom. The van der Waals surface area contributed by atoms with Gasteiger partial charge in [-0.15, -0.1) is 0 Å². The van der Waals surface area contributed by atoms with E-state index in [9.17, 15) is 26.4 Å². The summed E-state index contributed by atoms with van der Waals surface area (Å²) in [7, 11) is -2.89. The highest BCUT2D eigenvalue weighted by molar-refractivity contribution is 7.90. The summed E-state index contributed by atoms with van der Waals surface area (Å²) in [6.45, 7) is 3.86. The van der Waals surface area contributed by atoms with Crippen molar-refractivity contribution in [3.63, 3.8) is 0 Å². The first-order valence-electron chi connectivity index (χ1n) is 9.96. The molecule has 0 aliphatic heterocycles. The second-order valence-electron chi connectivity index (χ2n) is 7.66. The van der Waals surface area contributed by atoms with Gasteiger partial charge in [0.25, 0.3) is 10.0 Å². The number of carbonyl (C=O) groups is 1. The van der Waals surface area contributed by atoms with E-state index in [4.69, 9.17) is 0 Å². The number of alkyl halides is 3. The zero-order valence-electron chi connectivity index (χ0n) is 17.8. The van der Waals surface area contributed by atoms with Gasteiger partial charge in [0.15, 0.2) is 0 Å². The normalized spacial score (nSPS) is 12.5. The van der Waals surface area contributed by atoms with Gasteiger partial charge < -0.3 is 4.74 Å². The number of pyridine rings is 1.